The molecule has 25 heavy (non-hydrogen) atoms. The van der Waals surface area contributed by atoms with Gasteiger partial charge in [0.2, 0.25) is 5.91 Å². The molecule has 1 amide bonds. The van der Waals surface area contributed by atoms with Crippen LogP contribution in [0.1, 0.15) is 35.6 Å². The Labute approximate surface area is 148 Å². The number of amides is 1. The van der Waals surface area contributed by atoms with E-state index < -0.39 is 0 Å². The quantitative estimate of drug-likeness (QED) is 0.797. The van der Waals surface area contributed by atoms with Crippen LogP contribution in [-0.4, -0.2) is 24.5 Å². The van der Waals surface area contributed by atoms with Crippen LogP contribution in [0.2, 0.25) is 0 Å². The number of hydrogen-bond acceptors (Lipinski definition) is 3. The Kier molecular flexibility index (Phi) is 5.15. The molecule has 1 unspecified atom stereocenters. The zero-order chi connectivity index (χ0) is 17.6. The largest absolute Gasteiger partial charge is 0.497 e. The number of hydrogen-bond donors (Lipinski definition) is 0. The van der Waals surface area contributed by atoms with E-state index in [1.54, 1.807) is 25.3 Å². The molecule has 0 N–H and O–H groups in total. The second-order valence-corrected chi connectivity index (χ2v) is 6.00. The van der Waals surface area contributed by atoms with Gasteiger partial charge >= 0.3 is 0 Å². The Morgan fingerprint density at radius 3 is 2.72 bits per heavy atom. The number of nitrogens with zero attached hydrogens (tertiary/aromatic N) is 2. The predicted octanol–water partition coefficient (Wildman–Crippen LogP) is 3.94. The second-order valence-electron chi connectivity index (χ2n) is 6.00. The molecule has 0 bridgehead atoms. The minimum atomic E-state index is -0.0222. The highest BCUT2D eigenvalue weighted by Crippen LogP contribution is 2.33. The summed E-state index contributed by atoms with van der Waals surface area (Å²) in [5, 5.41) is 9.14. The number of methoxy groups -OCH3 is 1. The molecule has 0 aliphatic carbocycles. The maximum absolute atomic E-state index is 12.7. The summed E-state index contributed by atoms with van der Waals surface area (Å²) in [6.07, 6.45) is 5.24. The molecule has 4 heteroatoms. The van der Waals surface area contributed by atoms with Crippen LogP contribution in [0.4, 0.5) is 0 Å². The van der Waals surface area contributed by atoms with Gasteiger partial charge in [0.1, 0.15) is 5.75 Å². The van der Waals surface area contributed by atoms with Crippen molar-refractivity contribution in [2.24, 2.45) is 0 Å². The first-order valence-electron chi connectivity index (χ1n) is 8.34. The van der Waals surface area contributed by atoms with E-state index in [9.17, 15) is 4.79 Å². The van der Waals surface area contributed by atoms with E-state index in [4.69, 9.17) is 10.00 Å². The lowest BCUT2D eigenvalue weighted by Crippen LogP contribution is -2.28. The van der Waals surface area contributed by atoms with Crippen LogP contribution in [0.15, 0.2) is 54.6 Å². The highest BCUT2D eigenvalue weighted by Gasteiger charge is 2.28. The zero-order valence-electron chi connectivity index (χ0n) is 14.2. The predicted molar refractivity (Wildman–Crippen MR) is 96.9 cm³/mol. The van der Waals surface area contributed by atoms with Gasteiger partial charge in [-0.1, -0.05) is 30.3 Å². The molecule has 1 aliphatic rings. The van der Waals surface area contributed by atoms with Gasteiger partial charge in [-0.3, -0.25) is 4.79 Å². The Bertz CT molecular complexity index is 819. The molecular weight excluding hydrogens is 312 g/mol. The lowest BCUT2D eigenvalue weighted by molar-refractivity contribution is -0.126. The summed E-state index contributed by atoms with van der Waals surface area (Å²) in [6, 6.07) is 17.4. The van der Waals surface area contributed by atoms with Gasteiger partial charge in [-0.05, 0) is 48.2 Å². The lowest BCUT2D eigenvalue weighted by Gasteiger charge is -2.24. The molecule has 126 valence electrons. The Morgan fingerprint density at radius 1 is 1.24 bits per heavy atom. The van der Waals surface area contributed by atoms with E-state index in [1.165, 1.54) is 0 Å². The van der Waals surface area contributed by atoms with Crippen molar-refractivity contribution in [3.63, 3.8) is 0 Å². The number of rotatable bonds is 4. The van der Waals surface area contributed by atoms with Crippen LogP contribution in [0.25, 0.3) is 6.08 Å². The number of benzene rings is 2. The van der Waals surface area contributed by atoms with Crippen LogP contribution in [-0.2, 0) is 4.79 Å². The standard InChI is InChI=1S/C21H20N2O2/c1-25-19-11-8-17(9-12-19)20-7-4-14-23(20)21(24)13-10-16-5-2-3-6-18(16)15-22/h2-3,5-6,8-13,20H,4,7,14H2,1H3. The molecule has 1 fully saturated rings. The molecule has 1 atom stereocenters. The first kappa shape index (κ1) is 16.8. The molecule has 0 aromatic heterocycles. The summed E-state index contributed by atoms with van der Waals surface area (Å²) in [6.45, 7) is 0.750. The maximum atomic E-state index is 12.7. The number of likely N-dealkylation sites (tertiary alicyclic amines) is 1. The van der Waals surface area contributed by atoms with Gasteiger partial charge < -0.3 is 9.64 Å². The summed E-state index contributed by atoms with van der Waals surface area (Å²) < 4.78 is 5.20. The summed E-state index contributed by atoms with van der Waals surface area (Å²) >= 11 is 0. The van der Waals surface area contributed by atoms with Crippen molar-refractivity contribution in [3.05, 3.63) is 71.3 Å². The van der Waals surface area contributed by atoms with Gasteiger partial charge in [0, 0.05) is 12.6 Å². The summed E-state index contributed by atoms with van der Waals surface area (Å²) in [7, 11) is 1.64. The third-order valence-electron chi connectivity index (χ3n) is 4.52. The average molecular weight is 332 g/mol. The Balaban J connectivity index is 1.76. The number of ether oxygens (including phenoxy) is 1. The highest BCUT2D eigenvalue weighted by molar-refractivity contribution is 5.92. The van der Waals surface area contributed by atoms with Gasteiger partial charge in [0.15, 0.2) is 0 Å². The van der Waals surface area contributed by atoms with Crippen LogP contribution >= 0.6 is 0 Å². The number of carbonyl (C=O) groups excluding carboxylic acids is 1. The fraction of sp³-hybridized carbons (Fsp3) is 0.238. The third kappa shape index (κ3) is 3.72. The molecule has 1 heterocycles. The highest BCUT2D eigenvalue weighted by atomic mass is 16.5. The van der Waals surface area contributed by atoms with Gasteiger partial charge in [0.05, 0.1) is 24.8 Å². The van der Waals surface area contributed by atoms with Gasteiger partial charge in [-0.15, -0.1) is 0 Å². The second kappa shape index (κ2) is 7.67. The van der Waals surface area contributed by atoms with Crippen LogP contribution in [0.3, 0.4) is 0 Å². The SMILES string of the molecule is COc1ccc(C2CCCN2C(=O)C=Cc2ccccc2C#N)cc1. The normalized spacial score (nSPS) is 16.8. The number of nitriles is 1. The summed E-state index contributed by atoms with van der Waals surface area (Å²) in [4.78, 5) is 14.6. The molecule has 1 aliphatic heterocycles. The topological polar surface area (TPSA) is 53.3 Å². The molecular formula is C21H20N2O2. The van der Waals surface area contributed by atoms with E-state index in [1.807, 2.05) is 47.4 Å². The molecule has 2 aromatic carbocycles. The molecule has 3 rings (SSSR count). The minimum Gasteiger partial charge on any atom is -0.497 e. The first-order chi connectivity index (χ1) is 12.2. The Hall–Kier alpha value is -3.06. The average Bonchev–Trinajstić information content (AvgIpc) is 3.16. The van der Waals surface area contributed by atoms with Crippen LogP contribution in [0, 0.1) is 11.3 Å². The van der Waals surface area contributed by atoms with Gasteiger partial charge in [-0.2, -0.15) is 5.26 Å². The lowest BCUT2D eigenvalue weighted by atomic mass is 10.0. The van der Waals surface area contributed by atoms with Crippen molar-refractivity contribution < 1.29 is 9.53 Å². The first-order valence-corrected chi connectivity index (χ1v) is 8.34. The van der Waals surface area contributed by atoms with E-state index in [2.05, 4.69) is 6.07 Å². The third-order valence-corrected chi connectivity index (χ3v) is 4.52. The molecule has 1 saturated heterocycles. The van der Waals surface area contributed by atoms with Crippen molar-refractivity contribution >= 4 is 12.0 Å². The van der Waals surface area contributed by atoms with Crippen molar-refractivity contribution in [2.75, 3.05) is 13.7 Å². The van der Waals surface area contributed by atoms with Gasteiger partial charge in [0.25, 0.3) is 0 Å². The van der Waals surface area contributed by atoms with E-state index in [0.29, 0.717) is 5.56 Å². The van der Waals surface area contributed by atoms with Crippen LogP contribution in [0.5, 0.6) is 5.75 Å². The zero-order valence-corrected chi connectivity index (χ0v) is 14.2. The van der Waals surface area contributed by atoms with E-state index >= 15 is 0 Å². The smallest absolute Gasteiger partial charge is 0.247 e. The maximum Gasteiger partial charge on any atom is 0.247 e. The summed E-state index contributed by atoms with van der Waals surface area (Å²) in [5.74, 6) is 0.790. The molecule has 0 spiro atoms. The molecule has 2 aromatic rings. The van der Waals surface area contributed by atoms with Crippen molar-refractivity contribution in [1.82, 2.24) is 4.90 Å². The number of carbonyl (C=O) groups is 1. The van der Waals surface area contributed by atoms with E-state index in [-0.39, 0.29) is 11.9 Å². The fourth-order valence-corrected chi connectivity index (χ4v) is 3.20. The van der Waals surface area contributed by atoms with Crippen molar-refractivity contribution in [3.8, 4) is 11.8 Å². The Morgan fingerprint density at radius 2 is 2.00 bits per heavy atom. The monoisotopic (exact) mass is 332 g/mol. The minimum absolute atomic E-state index is 0.0222. The van der Waals surface area contributed by atoms with Crippen molar-refractivity contribution in [2.45, 2.75) is 18.9 Å². The van der Waals surface area contributed by atoms with Gasteiger partial charge in [-0.25, -0.2) is 0 Å². The fourth-order valence-electron chi connectivity index (χ4n) is 3.20. The molecule has 4 nitrogen and oxygen atoms in total. The summed E-state index contributed by atoms with van der Waals surface area (Å²) in [5.41, 5.74) is 2.45. The van der Waals surface area contributed by atoms with Crippen molar-refractivity contribution in [1.29, 1.82) is 5.26 Å². The molecule has 0 saturated carbocycles. The molecule has 0 radical (unpaired) electrons. The van der Waals surface area contributed by atoms with Crippen LogP contribution < -0.4 is 4.74 Å². The van der Waals surface area contributed by atoms with E-state index in [0.717, 1.165) is 36.3 Å².